The predicted octanol–water partition coefficient (Wildman–Crippen LogP) is 5.67. The molecule has 30 heavy (non-hydrogen) atoms. The van der Waals surface area contributed by atoms with E-state index in [1.165, 1.54) is 6.08 Å². The molecule has 1 aliphatic heterocycles. The normalized spacial score (nSPS) is 14.9. The summed E-state index contributed by atoms with van der Waals surface area (Å²) in [4.78, 5) is 17.1. The minimum Gasteiger partial charge on any atom is -0.495 e. The van der Waals surface area contributed by atoms with E-state index in [1.54, 1.807) is 19.3 Å². The number of piperazine rings is 1. The van der Waals surface area contributed by atoms with E-state index in [9.17, 15) is 4.79 Å². The predicted molar refractivity (Wildman–Crippen MR) is 132 cm³/mol. The number of halogens is 3. The van der Waals surface area contributed by atoms with Crippen LogP contribution in [0.3, 0.4) is 0 Å². The van der Waals surface area contributed by atoms with Crippen molar-refractivity contribution in [1.29, 1.82) is 0 Å². The molecule has 8 heteroatoms. The molecule has 0 saturated carbocycles. The quantitative estimate of drug-likeness (QED) is 0.465. The van der Waals surface area contributed by atoms with Gasteiger partial charge in [-0.3, -0.25) is 4.79 Å². The summed E-state index contributed by atoms with van der Waals surface area (Å²) in [5, 5.41) is 3.50. The average Bonchev–Trinajstić information content (AvgIpc) is 2.72. The molecule has 3 rings (SSSR count). The zero-order valence-electron chi connectivity index (χ0n) is 16.9. The van der Waals surface area contributed by atoms with E-state index >= 15 is 0 Å². The van der Waals surface area contributed by atoms with Crippen molar-refractivity contribution in [2.75, 3.05) is 50.1 Å². The number of anilines is 2. The molecule has 5 nitrogen and oxygen atoms in total. The summed E-state index contributed by atoms with van der Waals surface area (Å²) in [6.07, 6.45) is 3.19. The van der Waals surface area contributed by atoms with Gasteiger partial charge in [-0.2, -0.15) is 0 Å². The molecule has 2 aromatic carbocycles. The Morgan fingerprint density at radius 3 is 2.57 bits per heavy atom. The number of nitrogens with zero attached hydrogens (tertiary/aromatic N) is 2. The SMILES string of the molecule is CCN1CCN(c2ccc(NC(=O)C=Cc3cc(Br)cc(Br)c3OC)cc2Cl)CC1. The molecular formula is C22H24Br2ClN3O2. The van der Waals surface area contributed by atoms with Crippen molar-refractivity contribution in [1.82, 2.24) is 4.90 Å². The van der Waals surface area contributed by atoms with Crippen LogP contribution in [0, 0.1) is 0 Å². The lowest BCUT2D eigenvalue weighted by Gasteiger charge is -2.36. The number of nitrogens with one attached hydrogen (secondary N) is 1. The molecule has 1 heterocycles. The third-order valence-electron chi connectivity index (χ3n) is 5.03. The third kappa shape index (κ3) is 5.78. The summed E-state index contributed by atoms with van der Waals surface area (Å²) in [6.45, 7) is 7.22. The van der Waals surface area contributed by atoms with Gasteiger partial charge in [0.25, 0.3) is 0 Å². The van der Waals surface area contributed by atoms with Crippen LogP contribution >= 0.6 is 43.5 Å². The van der Waals surface area contributed by atoms with Crippen LogP contribution in [0.15, 0.2) is 45.4 Å². The molecule has 0 aromatic heterocycles. The number of carbonyl (C=O) groups excluding carboxylic acids is 1. The van der Waals surface area contributed by atoms with Crippen molar-refractivity contribution in [3.8, 4) is 5.75 Å². The average molecular weight is 558 g/mol. The van der Waals surface area contributed by atoms with Crippen molar-refractivity contribution in [3.05, 3.63) is 55.9 Å². The first-order chi connectivity index (χ1) is 14.4. The van der Waals surface area contributed by atoms with Gasteiger partial charge in [-0.1, -0.05) is 34.5 Å². The molecule has 1 fully saturated rings. The Kier molecular flexibility index (Phi) is 8.22. The first-order valence-electron chi connectivity index (χ1n) is 9.70. The van der Waals surface area contributed by atoms with E-state index in [1.807, 2.05) is 24.3 Å². The molecule has 1 N–H and O–H groups in total. The second-order valence-electron chi connectivity index (χ2n) is 6.92. The molecule has 160 valence electrons. The van der Waals surface area contributed by atoms with Crippen molar-refractivity contribution >= 4 is 66.8 Å². The van der Waals surface area contributed by atoms with Gasteiger partial charge in [0.2, 0.25) is 5.91 Å². The van der Waals surface area contributed by atoms with Crippen LogP contribution in [-0.4, -0.2) is 50.6 Å². The van der Waals surface area contributed by atoms with Crippen molar-refractivity contribution in [2.24, 2.45) is 0 Å². The second kappa shape index (κ2) is 10.7. The molecule has 1 amide bonds. The fourth-order valence-corrected chi connectivity index (χ4v) is 5.14. The number of likely N-dealkylation sites (N-methyl/N-ethyl adjacent to an activating group) is 1. The van der Waals surface area contributed by atoms with Crippen molar-refractivity contribution < 1.29 is 9.53 Å². The second-order valence-corrected chi connectivity index (χ2v) is 9.10. The maximum Gasteiger partial charge on any atom is 0.248 e. The highest BCUT2D eigenvalue weighted by Gasteiger charge is 2.18. The van der Waals surface area contributed by atoms with Gasteiger partial charge in [-0.25, -0.2) is 0 Å². The molecular weight excluding hydrogens is 534 g/mol. The minimum absolute atomic E-state index is 0.242. The Morgan fingerprint density at radius 1 is 1.20 bits per heavy atom. The van der Waals surface area contributed by atoms with Crippen LogP contribution in [0.5, 0.6) is 5.75 Å². The minimum atomic E-state index is -0.242. The van der Waals surface area contributed by atoms with E-state index in [-0.39, 0.29) is 5.91 Å². The largest absolute Gasteiger partial charge is 0.495 e. The molecule has 0 aliphatic carbocycles. The lowest BCUT2D eigenvalue weighted by atomic mass is 10.2. The Hall–Kier alpha value is -1.54. The number of rotatable bonds is 6. The van der Waals surface area contributed by atoms with Gasteiger partial charge >= 0.3 is 0 Å². The van der Waals surface area contributed by atoms with Crippen LogP contribution in [0.4, 0.5) is 11.4 Å². The lowest BCUT2D eigenvalue weighted by molar-refractivity contribution is -0.111. The Labute approximate surface area is 199 Å². The van der Waals surface area contributed by atoms with E-state index in [0.29, 0.717) is 16.5 Å². The summed E-state index contributed by atoms with van der Waals surface area (Å²) < 4.78 is 7.10. The number of hydrogen-bond donors (Lipinski definition) is 1. The number of methoxy groups -OCH3 is 1. The first-order valence-corrected chi connectivity index (χ1v) is 11.7. The summed E-state index contributed by atoms with van der Waals surface area (Å²) in [5.41, 5.74) is 2.45. The molecule has 1 saturated heterocycles. The zero-order chi connectivity index (χ0) is 21.7. The van der Waals surface area contributed by atoms with Crippen LogP contribution in [0.2, 0.25) is 5.02 Å². The van der Waals surface area contributed by atoms with Crippen LogP contribution < -0.4 is 15.0 Å². The van der Waals surface area contributed by atoms with Gasteiger partial charge in [0.05, 0.1) is 22.3 Å². The molecule has 2 aromatic rings. The summed E-state index contributed by atoms with van der Waals surface area (Å²) in [5.74, 6) is 0.423. The van der Waals surface area contributed by atoms with Gasteiger partial charge in [0, 0.05) is 48.0 Å². The van der Waals surface area contributed by atoms with Crippen LogP contribution in [-0.2, 0) is 4.79 Å². The summed E-state index contributed by atoms with van der Waals surface area (Å²) in [7, 11) is 1.59. The highest BCUT2D eigenvalue weighted by molar-refractivity contribution is 9.11. The summed E-state index contributed by atoms with van der Waals surface area (Å²) in [6, 6.07) is 9.43. The number of amides is 1. The van der Waals surface area contributed by atoms with E-state index in [2.05, 4.69) is 53.9 Å². The molecule has 0 unspecified atom stereocenters. The monoisotopic (exact) mass is 555 g/mol. The van der Waals surface area contributed by atoms with Gasteiger partial charge in [0.1, 0.15) is 5.75 Å². The van der Waals surface area contributed by atoms with E-state index in [4.69, 9.17) is 16.3 Å². The standard InChI is InChI=1S/C22H24Br2ClN3O2/c1-3-27-8-10-28(11-9-27)20-6-5-17(14-19(20)25)26-21(29)7-4-15-12-16(23)13-18(24)22(15)30-2/h4-7,12-14H,3,8-11H2,1-2H3,(H,26,29). The van der Waals surface area contributed by atoms with Gasteiger partial charge in [-0.05, 0) is 58.9 Å². The molecule has 1 aliphatic rings. The number of carbonyl (C=O) groups is 1. The zero-order valence-corrected chi connectivity index (χ0v) is 20.8. The molecule has 0 atom stereocenters. The van der Waals surface area contributed by atoms with E-state index < -0.39 is 0 Å². The van der Waals surface area contributed by atoms with Gasteiger partial charge in [-0.15, -0.1) is 0 Å². The maximum atomic E-state index is 12.4. The Balaban J connectivity index is 1.66. The maximum absolute atomic E-state index is 12.4. The third-order valence-corrected chi connectivity index (χ3v) is 6.38. The van der Waals surface area contributed by atoms with Gasteiger partial charge < -0.3 is 19.9 Å². The highest BCUT2D eigenvalue weighted by atomic mass is 79.9. The molecule has 0 bridgehead atoms. The fraction of sp³-hybridized carbons (Fsp3) is 0.318. The van der Waals surface area contributed by atoms with E-state index in [0.717, 1.165) is 52.9 Å². The smallest absolute Gasteiger partial charge is 0.248 e. The Bertz CT molecular complexity index is 944. The lowest BCUT2D eigenvalue weighted by Crippen LogP contribution is -2.46. The number of benzene rings is 2. The van der Waals surface area contributed by atoms with Crippen molar-refractivity contribution in [2.45, 2.75) is 6.92 Å². The van der Waals surface area contributed by atoms with Crippen LogP contribution in [0.1, 0.15) is 12.5 Å². The summed E-state index contributed by atoms with van der Waals surface area (Å²) >= 11 is 13.4. The molecule has 0 spiro atoms. The topological polar surface area (TPSA) is 44.8 Å². The number of hydrogen-bond acceptors (Lipinski definition) is 4. The van der Waals surface area contributed by atoms with Gasteiger partial charge in [0.15, 0.2) is 0 Å². The Morgan fingerprint density at radius 2 is 1.93 bits per heavy atom. The molecule has 0 radical (unpaired) electrons. The number of ether oxygens (including phenoxy) is 1. The first kappa shape index (κ1) is 23.1. The fourth-order valence-electron chi connectivity index (χ4n) is 3.41. The van der Waals surface area contributed by atoms with Crippen LogP contribution in [0.25, 0.3) is 6.08 Å². The highest BCUT2D eigenvalue weighted by Crippen LogP contribution is 2.33. The van der Waals surface area contributed by atoms with Crippen molar-refractivity contribution in [3.63, 3.8) is 0 Å².